The third-order valence-corrected chi connectivity index (χ3v) is 3.87. The maximum atomic E-state index is 12.0. The summed E-state index contributed by atoms with van der Waals surface area (Å²) in [5.74, 6) is 1.81. The predicted octanol–water partition coefficient (Wildman–Crippen LogP) is 3.02. The molecule has 1 aromatic rings. The molecule has 0 saturated carbocycles. The summed E-state index contributed by atoms with van der Waals surface area (Å²) in [5.41, 5.74) is 0.492. The van der Waals surface area contributed by atoms with Crippen LogP contribution in [0, 0.1) is 5.41 Å². The number of ether oxygens (including phenoxy) is 2. The van der Waals surface area contributed by atoms with Crippen molar-refractivity contribution in [1.29, 1.82) is 0 Å². The number of benzene rings is 1. The molecule has 0 aromatic heterocycles. The number of carbonyl (C=O) groups excluding carboxylic acids is 1. The highest BCUT2D eigenvalue weighted by Gasteiger charge is 2.25. The van der Waals surface area contributed by atoms with Crippen molar-refractivity contribution >= 4 is 17.5 Å². The molecular formula is C16H24ClNO3. The summed E-state index contributed by atoms with van der Waals surface area (Å²) in [5, 5.41) is 2.91. The van der Waals surface area contributed by atoms with Crippen LogP contribution in [0.1, 0.15) is 26.3 Å². The molecule has 0 unspecified atom stereocenters. The van der Waals surface area contributed by atoms with Gasteiger partial charge in [0.2, 0.25) is 5.91 Å². The fourth-order valence-electron chi connectivity index (χ4n) is 1.77. The van der Waals surface area contributed by atoms with E-state index in [4.69, 9.17) is 21.1 Å². The van der Waals surface area contributed by atoms with Crippen LogP contribution >= 0.6 is 11.6 Å². The van der Waals surface area contributed by atoms with Crippen molar-refractivity contribution in [3.8, 4) is 11.5 Å². The molecule has 0 aliphatic heterocycles. The Balaban J connectivity index is 2.65. The summed E-state index contributed by atoms with van der Waals surface area (Å²) in [7, 11) is 1.62. The highest BCUT2D eigenvalue weighted by molar-refractivity contribution is 6.19. The second-order valence-corrected chi connectivity index (χ2v) is 5.70. The SMILES string of the molecule is CCOc1cc(OC)ccc1CCNC(=O)C(C)(C)CCl. The first-order valence-corrected chi connectivity index (χ1v) is 7.62. The fraction of sp³-hybridized carbons (Fsp3) is 0.562. The first kappa shape index (κ1) is 17.6. The monoisotopic (exact) mass is 313 g/mol. The Morgan fingerprint density at radius 3 is 2.67 bits per heavy atom. The van der Waals surface area contributed by atoms with Crippen LogP contribution in [-0.4, -0.2) is 32.0 Å². The molecule has 0 radical (unpaired) electrons. The molecule has 0 aliphatic carbocycles. The van der Waals surface area contributed by atoms with Crippen LogP contribution in [0.3, 0.4) is 0 Å². The summed E-state index contributed by atoms with van der Waals surface area (Å²) in [6.45, 7) is 6.73. The lowest BCUT2D eigenvalue weighted by molar-refractivity contribution is -0.128. The minimum absolute atomic E-state index is 0.0380. The number of rotatable bonds is 8. The number of methoxy groups -OCH3 is 1. The van der Waals surface area contributed by atoms with Gasteiger partial charge in [0.05, 0.1) is 19.1 Å². The van der Waals surface area contributed by atoms with Crippen molar-refractivity contribution in [1.82, 2.24) is 5.32 Å². The molecule has 1 amide bonds. The normalized spacial score (nSPS) is 11.1. The first-order valence-electron chi connectivity index (χ1n) is 7.08. The van der Waals surface area contributed by atoms with Gasteiger partial charge in [-0.15, -0.1) is 11.6 Å². The Bertz CT molecular complexity index is 475. The Kier molecular flexibility index (Phi) is 6.82. The summed E-state index contributed by atoms with van der Waals surface area (Å²) in [6, 6.07) is 5.72. The average molecular weight is 314 g/mol. The number of amides is 1. The first-order chi connectivity index (χ1) is 9.94. The molecule has 21 heavy (non-hydrogen) atoms. The lowest BCUT2D eigenvalue weighted by Crippen LogP contribution is -2.39. The number of hydrogen-bond donors (Lipinski definition) is 1. The van der Waals surface area contributed by atoms with E-state index in [0.29, 0.717) is 25.5 Å². The van der Waals surface area contributed by atoms with Gasteiger partial charge in [0.25, 0.3) is 0 Å². The van der Waals surface area contributed by atoms with Crippen LogP contribution in [0.15, 0.2) is 18.2 Å². The van der Waals surface area contributed by atoms with E-state index in [1.165, 1.54) is 0 Å². The van der Waals surface area contributed by atoms with Crippen molar-refractivity contribution < 1.29 is 14.3 Å². The molecule has 0 fully saturated rings. The molecule has 1 N–H and O–H groups in total. The maximum Gasteiger partial charge on any atom is 0.226 e. The standard InChI is InChI=1S/C16H24ClNO3/c1-5-21-14-10-13(20-4)7-6-12(14)8-9-18-15(19)16(2,3)11-17/h6-7,10H,5,8-9,11H2,1-4H3,(H,18,19). The summed E-state index contributed by atoms with van der Waals surface area (Å²) < 4.78 is 10.8. The van der Waals surface area contributed by atoms with E-state index in [0.717, 1.165) is 17.1 Å². The van der Waals surface area contributed by atoms with Gasteiger partial charge < -0.3 is 14.8 Å². The topological polar surface area (TPSA) is 47.6 Å². The van der Waals surface area contributed by atoms with Crippen LogP contribution in [0.5, 0.6) is 11.5 Å². The number of halogens is 1. The molecule has 0 atom stereocenters. The van der Waals surface area contributed by atoms with Gasteiger partial charge in [-0.2, -0.15) is 0 Å². The van der Waals surface area contributed by atoms with Gasteiger partial charge in [-0.3, -0.25) is 4.79 Å². The van der Waals surface area contributed by atoms with Gasteiger partial charge in [0.1, 0.15) is 11.5 Å². The van der Waals surface area contributed by atoms with Gasteiger partial charge in [-0.05, 0) is 38.8 Å². The number of nitrogens with one attached hydrogen (secondary N) is 1. The van der Waals surface area contributed by atoms with Crippen molar-refractivity contribution in [3.63, 3.8) is 0 Å². The number of alkyl halides is 1. The van der Waals surface area contributed by atoms with Gasteiger partial charge in [-0.25, -0.2) is 0 Å². The third kappa shape index (κ3) is 5.12. The van der Waals surface area contributed by atoms with E-state index >= 15 is 0 Å². The molecule has 0 bridgehead atoms. The van der Waals surface area contributed by atoms with E-state index in [1.54, 1.807) is 7.11 Å². The van der Waals surface area contributed by atoms with Gasteiger partial charge >= 0.3 is 0 Å². The van der Waals surface area contributed by atoms with E-state index in [1.807, 2.05) is 39.0 Å². The molecule has 5 heteroatoms. The molecule has 4 nitrogen and oxygen atoms in total. The quantitative estimate of drug-likeness (QED) is 0.750. The molecule has 1 aromatic carbocycles. The number of hydrogen-bond acceptors (Lipinski definition) is 3. The molecule has 0 aliphatic rings. The lowest BCUT2D eigenvalue weighted by Gasteiger charge is -2.20. The second kappa shape index (κ2) is 8.13. The van der Waals surface area contributed by atoms with Crippen LogP contribution in [-0.2, 0) is 11.2 Å². The summed E-state index contributed by atoms with van der Waals surface area (Å²) in [4.78, 5) is 12.0. The van der Waals surface area contributed by atoms with Crippen molar-refractivity contribution in [2.24, 2.45) is 5.41 Å². The van der Waals surface area contributed by atoms with Crippen molar-refractivity contribution in [2.75, 3.05) is 26.1 Å². The summed E-state index contributed by atoms with van der Waals surface area (Å²) >= 11 is 5.79. The third-order valence-electron chi connectivity index (χ3n) is 3.20. The van der Waals surface area contributed by atoms with Crippen molar-refractivity contribution in [2.45, 2.75) is 27.2 Å². The maximum absolute atomic E-state index is 12.0. The Morgan fingerprint density at radius 1 is 1.38 bits per heavy atom. The Labute approximate surface area is 131 Å². The average Bonchev–Trinajstić information content (AvgIpc) is 2.48. The smallest absolute Gasteiger partial charge is 0.226 e. The zero-order valence-electron chi connectivity index (χ0n) is 13.2. The molecule has 118 valence electrons. The largest absolute Gasteiger partial charge is 0.497 e. The zero-order chi connectivity index (χ0) is 15.9. The van der Waals surface area contributed by atoms with Crippen LogP contribution in [0.25, 0.3) is 0 Å². The van der Waals surface area contributed by atoms with E-state index in [9.17, 15) is 4.79 Å². The minimum atomic E-state index is -0.551. The molecule has 1 rings (SSSR count). The van der Waals surface area contributed by atoms with Gasteiger partial charge in [0.15, 0.2) is 0 Å². The minimum Gasteiger partial charge on any atom is -0.497 e. The summed E-state index contributed by atoms with van der Waals surface area (Å²) in [6.07, 6.45) is 0.698. The molecule has 0 spiro atoms. The number of carbonyl (C=O) groups is 1. The Hall–Kier alpha value is -1.42. The highest BCUT2D eigenvalue weighted by atomic mass is 35.5. The predicted molar refractivity (Wildman–Crippen MR) is 85.4 cm³/mol. The highest BCUT2D eigenvalue weighted by Crippen LogP contribution is 2.25. The molecule has 0 saturated heterocycles. The van der Waals surface area contributed by atoms with Gasteiger partial charge in [-0.1, -0.05) is 6.07 Å². The molecular weight excluding hydrogens is 290 g/mol. The van der Waals surface area contributed by atoms with Gasteiger partial charge in [0, 0.05) is 18.5 Å². The van der Waals surface area contributed by atoms with E-state index < -0.39 is 5.41 Å². The van der Waals surface area contributed by atoms with Crippen LogP contribution in [0.4, 0.5) is 0 Å². The van der Waals surface area contributed by atoms with E-state index in [2.05, 4.69) is 5.32 Å². The van der Waals surface area contributed by atoms with E-state index in [-0.39, 0.29) is 5.91 Å². The Morgan fingerprint density at radius 2 is 2.10 bits per heavy atom. The van der Waals surface area contributed by atoms with Crippen LogP contribution < -0.4 is 14.8 Å². The molecule has 0 heterocycles. The van der Waals surface area contributed by atoms with Crippen LogP contribution in [0.2, 0.25) is 0 Å². The zero-order valence-corrected chi connectivity index (χ0v) is 13.9. The second-order valence-electron chi connectivity index (χ2n) is 5.43. The van der Waals surface area contributed by atoms with Crippen molar-refractivity contribution in [3.05, 3.63) is 23.8 Å². The lowest BCUT2D eigenvalue weighted by atomic mass is 9.95. The fourth-order valence-corrected chi connectivity index (χ4v) is 1.89.